The molecule has 0 fully saturated rings. The van der Waals surface area contributed by atoms with Gasteiger partial charge in [-0.15, -0.1) is 0 Å². The van der Waals surface area contributed by atoms with E-state index in [4.69, 9.17) is 0 Å². The molecule has 0 saturated carbocycles. The lowest BCUT2D eigenvalue weighted by Crippen LogP contribution is -2.59. The lowest BCUT2D eigenvalue weighted by molar-refractivity contribution is -0.142. The molecule has 0 aliphatic carbocycles. The number of nitrogens with one attached hydrogen (secondary N) is 2. The van der Waals surface area contributed by atoms with Crippen LogP contribution in [0.15, 0.2) is 30.3 Å². The Morgan fingerprint density at radius 2 is 1.78 bits per heavy atom. The number of carbonyl (C=O) groups is 3. The van der Waals surface area contributed by atoms with Crippen LogP contribution in [0.2, 0.25) is 0 Å². The van der Waals surface area contributed by atoms with E-state index in [1.165, 1.54) is 25.6 Å². The average molecular weight is 413 g/mol. The molecule has 1 aromatic rings. The largest absolute Gasteiger partial charge is 0.480 e. The van der Waals surface area contributed by atoms with Gasteiger partial charge < -0.3 is 15.7 Å². The zero-order chi connectivity index (χ0) is 20.6. The number of aliphatic carboxylic acids is 1. The highest BCUT2D eigenvalue weighted by Crippen LogP contribution is 2.15. The number of hydrogen-bond donors (Lipinski definition) is 4. The second kappa shape index (κ2) is 10.6. The highest BCUT2D eigenvalue weighted by Gasteiger charge is 2.34. The third-order valence-electron chi connectivity index (χ3n) is 3.90. The molecule has 6 nitrogen and oxygen atoms in total. The van der Waals surface area contributed by atoms with Gasteiger partial charge in [0, 0.05) is 11.5 Å². The molecule has 0 heterocycles. The fourth-order valence-corrected chi connectivity index (χ4v) is 3.20. The van der Waals surface area contributed by atoms with E-state index in [-0.39, 0.29) is 17.6 Å². The summed E-state index contributed by atoms with van der Waals surface area (Å²) >= 11 is 5.67. The van der Waals surface area contributed by atoms with Crippen molar-refractivity contribution < 1.29 is 19.5 Å². The average Bonchev–Trinajstić information content (AvgIpc) is 2.60. The second-order valence-corrected chi connectivity index (χ2v) is 8.75. The number of rotatable bonds is 10. The van der Waals surface area contributed by atoms with Crippen molar-refractivity contribution in [1.82, 2.24) is 10.6 Å². The van der Waals surface area contributed by atoms with Gasteiger partial charge in [0.15, 0.2) is 0 Å². The van der Waals surface area contributed by atoms with E-state index in [0.717, 1.165) is 5.56 Å². The first kappa shape index (κ1) is 23.4. The van der Waals surface area contributed by atoms with E-state index >= 15 is 0 Å². The maximum absolute atomic E-state index is 12.5. The van der Waals surface area contributed by atoms with Crippen molar-refractivity contribution in [1.29, 1.82) is 0 Å². The Morgan fingerprint density at radius 1 is 1.19 bits per heavy atom. The first-order chi connectivity index (χ1) is 12.5. The molecule has 8 heteroatoms. The smallest absolute Gasteiger partial charge is 0.327 e. The van der Waals surface area contributed by atoms with Gasteiger partial charge in [-0.25, -0.2) is 4.79 Å². The Morgan fingerprint density at radius 3 is 2.30 bits per heavy atom. The Bertz CT molecular complexity index is 650. The zero-order valence-corrected chi connectivity index (χ0v) is 17.8. The standard InChI is InChI=1S/C19H28N2O4S2/c1-12(2)15(26)16(22)21-19(3,4)18(25)20-14(17(23)24)11-27-10-13-8-6-5-7-9-13/h5-9,12,14-15,26H,10-11H2,1-4H3,(H,20,25)(H,21,22)(H,23,24)/t14-,15+/m0/s1. The highest BCUT2D eigenvalue weighted by atomic mass is 32.2. The van der Waals surface area contributed by atoms with Gasteiger partial charge in [-0.1, -0.05) is 44.2 Å². The van der Waals surface area contributed by atoms with Crippen LogP contribution in [0, 0.1) is 5.92 Å². The molecule has 27 heavy (non-hydrogen) atoms. The first-order valence-corrected chi connectivity index (χ1v) is 10.4. The van der Waals surface area contributed by atoms with Crippen molar-refractivity contribution in [3.63, 3.8) is 0 Å². The number of carbonyl (C=O) groups excluding carboxylic acids is 2. The molecular formula is C19H28N2O4S2. The van der Waals surface area contributed by atoms with Gasteiger partial charge in [-0.2, -0.15) is 24.4 Å². The third kappa shape index (κ3) is 7.84. The van der Waals surface area contributed by atoms with E-state index < -0.39 is 28.7 Å². The van der Waals surface area contributed by atoms with Crippen molar-refractivity contribution in [3.05, 3.63) is 35.9 Å². The number of amides is 2. The molecule has 150 valence electrons. The van der Waals surface area contributed by atoms with Crippen LogP contribution < -0.4 is 10.6 Å². The fraction of sp³-hybridized carbons (Fsp3) is 0.526. The molecule has 0 radical (unpaired) electrons. The second-order valence-electron chi connectivity index (χ2n) is 7.17. The Labute approximate surface area is 170 Å². The van der Waals surface area contributed by atoms with Crippen molar-refractivity contribution in [2.75, 3.05) is 5.75 Å². The number of hydrogen-bond acceptors (Lipinski definition) is 5. The Kier molecular flexibility index (Phi) is 9.18. The van der Waals surface area contributed by atoms with E-state index in [2.05, 4.69) is 23.3 Å². The predicted octanol–water partition coefficient (Wildman–Crippen LogP) is 2.34. The zero-order valence-electron chi connectivity index (χ0n) is 16.1. The van der Waals surface area contributed by atoms with E-state index in [1.54, 1.807) is 0 Å². The highest BCUT2D eigenvalue weighted by molar-refractivity contribution is 7.98. The molecular weight excluding hydrogens is 384 g/mol. The summed E-state index contributed by atoms with van der Waals surface area (Å²) in [5.74, 6) is -1.14. The summed E-state index contributed by atoms with van der Waals surface area (Å²) in [6.07, 6.45) is 0. The van der Waals surface area contributed by atoms with Crippen LogP contribution in [0.5, 0.6) is 0 Å². The summed E-state index contributed by atoms with van der Waals surface area (Å²) in [6, 6.07) is 8.64. The molecule has 0 aromatic heterocycles. The Balaban J connectivity index is 2.62. The quantitative estimate of drug-likeness (QED) is 0.443. The van der Waals surface area contributed by atoms with Crippen molar-refractivity contribution in [3.8, 4) is 0 Å². The fourth-order valence-electron chi connectivity index (χ4n) is 2.12. The number of benzene rings is 1. The number of carboxylic acids is 1. The number of thiol groups is 1. The van der Waals surface area contributed by atoms with E-state index in [0.29, 0.717) is 5.75 Å². The Hall–Kier alpha value is -1.67. The van der Waals surface area contributed by atoms with Gasteiger partial charge in [-0.3, -0.25) is 9.59 Å². The molecule has 0 aliphatic heterocycles. The van der Waals surface area contributed by atoms with Crippen LogP contribution in [-0.4, -0.2) is 45.5 Å². The van der Waals surface area contributed by atoms with Gasteiger partial charge in [0.1, 0.15) is 11.6 Å². The summed E-state index contributed by atoms with van der Waals surface area (Å²) in [7, 11) is 0. The lowest BCUT2D eigenvalue weighted by atomic mass is 10.0. The molecule has 1 aromatic carbocycles. The van der Waals surface area contributed by atoms with Crippen molar-refractivity contribution in [2.45, 2.75) is 50.3 Å². The number of carboxylic acid groups (broad SMARTS) is 1. The summed E-state index contributed by atoms with van der Waals surface area (Å²) in [5.41, 5.74) is -0.163. The molecule has 3 N–H and O–H groups in total. The normalized spacial score (nSPS) is 13.7. The molecule has 2 amide bonds. The first-order valence-electron chi connectivity index (χ1n) is 8.70. The van der Waals surface area contributed by atoms with E-state index in [1.807, 2.05) is 44.2 Å². The van der Waals surface area contributed by atoms with Crippen molar-refractivity contribution in [2.24, 2.45) is 5.92 Å². The minimum Gasteiger partial charge on any atom is -0.480 e. The minimum atomic E-state index is -1.25. The monoisotopic (exact) mass is 412 g/mol. The molecule has 2 atom stereocenters. The lowest BCUT2D eigenvalue weighted by Gasteiger charge is -2.29. The summed E-state index contributed by atoms with van der Waals surface area (Å²) < 4.78 is 0. The summed E-state index contributed by atoms with van der Waals surface area (Å²) in [4.78, 5) is 36.2. The molecule has 0 unspecified atom stereocenters. The molecule has 0 bridgehead atoms. The molecule has 0 spiro atoms. The van der Waals surface area contributed by atoms with Gasteiger partial charge in [0.2, 0.25) is 11.8 Å². The van der Waals surface area contributed by atoms with Crippen LogP contribution >= 0.6 is 24.4 Å². The molecule has 0 saturated heterocycles. The van der Waals surface area contributed by atoms with Crippen LogP contribution in [0.3, 0.4) is 0 Å². The van der Waals surface area contributed by atoms with Crippen LogP contribution in [0.1, 0.15) is 33.3 Å². The van der Waals surface area contributed by atoms with Gasteiger partial charge in [0.25, 0.3) is 0 Å². The molecule has 1 rings (SSSR count). The van der Waals surface area contributed by atoms with Crippen LogP contribution in [0.4, 0.5) is 0 Å². The van der Waals surface area contributed by atoms with Crippen molar-refractivity contribution >= 4 is 42.2 Å². The maximum Gasteiger partial charge on any atom is 0.327 e. The third-order valence-corrected chi connectivity index (χ3v) is 5.84. The summed E-state index contributed by atoms with van der Waals surface area (Å²) in [6.45, 7) is 6.79. The summed E-state index contributed by atoms with van der Waals surface area (Å²) in [5, 5.41) is 14.0. The SMILES string of the molecule is CC(C)[C@@H](S)C(=O)NC(C)(C)C(=O)N[C@@H](CSCc1ccccc1)C(=O)O. The van der Waals surface area contributed by atoms with Crippen LogP contribution in [-0.2, 0) is 20.1 Å². The molecule has 0 aliphatic rings. The van der Waals surface area contributed by atoms with Gasteiger partial charge in [0.05, 0.1) is 5.25 Å². The topological polar surface area (TPSA) is 95.5 Å². The van der Waals surface area contributed by atoms with Gasteiger partial charge >= 0.3 is 5.97 Å². The predicted molar refractivity (Wildman–Crippen MR) is 112 cm³/mol. The van der Waals surface area contributed by atoms with Gasteiger partial charge in [-0.05, 0) is 25.3 Å². The van der Waals surface area contributed by atoms with E-state index in [9.17, 15) is 19.5 Å². The van der Waals surface area contributed by atoms with Crippen LogP contribution in [0.25, 0.3) is 0 Å². The number of thioether (sulfide) groups is 1. The minimum absolute atomic E-state index is 0.00773. The maximum atomic E-state index is 12.5.